The lowest BCUT2D eigenvalue weighted by molar-refractivity contribution is -0.136. The smallest absolute Gasteiger partial charge is 0.262 e. The largest absolute Gasteiger partial charge is 0.348 e. The molecule has 2 N–H and O–H groups in total. The molecule has 0 saturated carbocycles. The highest BCUT2D eigenvalue weighted by molar-refractivity contribution is 6.23. The summed E-state index contributed by atoms with van der Waals surface area (Å²) in [5.41, 5.74) is 2.73. The number of aryl methyl sites for hydroxylation is 1. The monoisotopic (exact) mass is 419 g/mol. The molecule has 2 aromatic carbocycles. The van der Waals surface area contributed by atoms with Crippen molar-refractivity contribution < 1.29 is 24.0 Å². The number of benzene rings is 2. The second-order valence-electron chi connectivity index (χ2n) is 7.56. The normalized spacial score (nSPS) is 18.1. The first-order chi connectivity index (χ1) is 14.9. The van der Waals surface area contributed by atoms with E-state index in [1.807, 2.05) is 19.1 Å². The fraction of sp³-hybridized carbons (Fsp3) is 0.261. The molecule has 0 aliphatic carbocycles. The number of amides is 5. The molecule has 2 aromatic rings. The van der Waals surface area contributed by atoms with E-state index in [1.165, 1.54) is 6.07 Å². The number of hydrogen-bond donors (Lipinski definition) is 2. The van der Waals surface area contributed by atoms with E-state index in [0.29, 0.717) is 11.1 Å². The number of nitrogens with one attached hydrogen (secondary N) is 2. The van der Waals surface area contributed by atoms with E-state index in [2.05, 4.69) is 10.6 Å². The summed E-state index contributed by atoms with van der Waals surface area (Å²) in [6.07, 6.45) is 1.07. The topological polar surface area (TPSA) is 113 Å². The third-order valence-corrected chi connectivity index (χ3v) is 5.58. The Morgan fingerprint density at radius 2 is 1.68 bits per heavy atom. The lowest BCUT2D eigenvalue weighted by Gasteiger charge is -2.27. The van der Waals surface area contributed by atoms with Gasteiger partial charge in [-0.05, 0) is 48.2 Å². The number of hydrogen-bond acceptors (Lipinski definition) is 5. The summed E-state index contributed by atoms with van der Waals surface area (Å²) >= 11 is 0. The SMILES string of the molecule is CCc1ccc(C(=O)NCc2ccc3c(c2)C(=O)N([C@H]2CCC(=O)NC2=O)C3=O)cc1. The Hall–Kier alpha value is -3.81. The maximum atomic E-state index is 12.9. The van der Waals surface area contributed by atoms with Crippen LogP contribution in [-0.2, 0) is 22.6 Å². The molecule has 2 aliphatic heterocycles. The third-order valence-electron chi connectivity index (χ3n) is 5.58. The molecule has 2 aliphatic rings. The Morgan fingerprint density at radius 3 is 2.35 bits per heavy atom. The number of piperidine rings is 1. The lowest BCUT2D eigenvalue weighted by Crippen LogP contribution is -2.54. The van der Waals surface area contributed by atoms with Gasteiger partial charge in [-0.25, -0.2) is 0 Å². The van der Waals surface area contributed by atoms with Gasteiger partial charge in [0.05, 0.1) is 11.1 Å². The highest BCUT2D eigenvalue weighted by atomic mass is 16.2. The first kappa shape index (κ1) is 20.5. The zero-order chi connectivity index (χ0) is 22.1. The average Bonchev–Trinajstić information content (AvgIpc) is 3.02. The molecule has 1 fully saturated rings. The second kappa shape index (κ2) is 8.14. The van der Waals surface area contributed by atoms with Crippen molar-refractivity contribution in [1.82, 2.24) is 15.5 Å². The molecule has 0 radical (unpaired) electrons. The van der Waals surface area contributed by atoms with Gasteiger partial charge in [0.1, 0.15) is 6.04 Å². The van der Waals surface area contributed by atoms with Crippen LogP contribution in [0.25, 0.3) is 0 Å². The summed E-state index contributed by atoms with van der Waals surface area (Å²) in [4.78, 5) is 62.4. The standard InChI is InChI=1S/C23H21N3O5/c1-2-13-3-6-15(7-4-13)20(28)24-12-14-5-8-16-17(11-14)23(31)26(22(16)30)18-9-10-19(27)25-21(18)29/h3-8,11,18H,2,9-10,12H2,1H3,(H,24,28)(H,25,27,29)/t18-/m0/s1. The molecule has 0 unspecified atom stereocenters. The Balaban J connectivity index is 1.47. The minimum atomic E-state index is -1.00. The second-order valence-corrected chi connectivity index (χ2v) is 7.56. The van der Waals surface area contributed by atoms with Crippen LogP contribution in [0.5, 0.6) is 0 Å². The highest BCUT2D eigenvalue weighted by Crippen LogP contribution is 2.28. The molecular weight excluding hydrogens is 398 g/mol. The molecule has 0 bridgehead atoms. The van der Waals surface area contributed by atoms with E-state index in [0.717, 1.165) is 16.9 Å². The molecule has 8 heteroatoms. The van der Waals surface area contributed by atoms with Crippen LogP contribution in [0.1, 0.15) is 62.0 Å². The minimum absolute atomic E-state index is 0.0698. The molecule has 0 spiro atoms. The number of imide groups is 2. The van der Waals surface area contributed by atoms with E-state index in [1.54, 1.807) is 24.3 Å². The number of nitrogens with zero attached hydrogens (tertiary/aromatic N) is 1. The van der Waals surface area contributed by atoms with Crippen LogP contribution in [0.2, 0.25) is 0 Å². The predicted molar refractivity (Wildman–Crippen MR) is 110 cm³/mol. The number of fused-ring (bicyclic) bond motifs is 1. The van der Waals surface area contributed by atoms with Gasteiger partial charge in [-0.15, -0.1) is 0 Å². The molecule has 8 nitrogen and oxygen atoms in total. The van der Waals surface area contributed by atoms with E-state index < -0.39 is 29.7 Å². The van der Waals surface area contributed by atoms with Crippen LogP contribution < -0.4 is 10.6 Å². The Bertz CT molecular complexity index is 1110. The van der Waals surface area contributed by atoms with Gasteiger partial charge < -0.3 is 5.32 Å². The van der Waals surface area contributed by atoms with Crippen LogP contribution in [-0.4, -0.2) is 40.5 Å². The van der Waals surface area contributed by atoms with Crippen LogP contribution in [0, 0.1) is 0 Å². The van der Waals surface area contributed by atoms with Gasteiger partial charge in [0.15, 0.2) is 0 Å². The van der Waals surface area contributed by atoms with E-state index in [4.69, 9.17) is 0 Å². The molecule has 31 heavy (non-hydrogen) atoms. The van der Waals surface area contributed by atoms with Gasteiger partial charge in [0.25, 0.3) is 17.7 Å². The van der Waals surface area contributed by atoms with Gasteiger partial charge >= 0.3 is 0 Å². The van der Waals surface area contributed by atoms with Crippen molar-refractivity contribution in [2.75, 3.05) is 0 Å². The predicted octanol–water partition coefficient (Wildman–Crippen LogP) is 1.58. The van der Waals surface area contributed by atoms with E-state index in [9.17, 15) is 24.0 Å². The first-order valence-electron chi connectivity index (χ1n) is 10.1. The molecule has 2 heterocycles. The zero-order valence-corrected chi connectivity index (χ0v) is 16.9. The molecule has 1 saturated heterocycles. The molecule has 158 valence electrons. The van der Waals surface area contributed by atoms with Gasteiger partial charge in [-0.1, -0.05) is 25.1 Å². The quantitative estimate of drug-likeness (QED) is 0.715. The number of carbonyl (C=O) groups is 5. The fourth-order valence-electron chi connectivity index (χ4n) is 3.80. The van der Waals surface area contributed by atoms with Crippen molar-refractivity contribution in [3.05, 3.63) is 70.3 Å². The van der Waals surface area contributed by atoms with E-state index in [-0.39, 0.29) is 36.4 Å². The van der Waals surface area contributed by atoms with Crippen LogP contribution in [0.4, 0.5) is 0 Å². The Morgan fingerprint density at radius 1 is 1.00 bits per heavy atom. The highest BCUT2D eigenvalue weighted by Gasteiger charge is 2.44. The van der Waals surface area contributed by atoms with Crippen LogP contribution in [0.15, 0.2) is 42.5 Å². The maximum absolute atomic E-state index is 12.9. The van der Waals surface area contributed by atoms with Crippen molar-refractivity contribution in [2.24, 2.45) is 0 Å². The number of carbonyl (C=O) groups excluding carboxylic acids is 5. The van der Waals surface area contributed by atoms with Crippen molar-refractivity contribution in [1.29, 1.82) is 0 Å². The first-order valence-corrected chi connectivity index (χ1v) is 10.1. The summed E-state index contributed by atoms with van der Waals surface area (Å²) in [6.45, 7) is 2.22. The molecule has 5 amide bonds. The number of rotatable bonds is 5. The summed E-state index contributed by atoms with van der Waals surface area (Å²) in [5, 5.41) is 4.98. The minimum Gasteiger partial charge on any atom is -0.348 e. The molecular formula is C23H21N3O5. The summed E-state index contributed by atoms with van der Waals surface area (Å²) < 4.78 is 0. The van der Waals surface area contributed by atoms with Gasteiger partial charge in [-0.3, -0.25) is 34.2 Å². The molecule has 1 atom stereocenters. The van der Waals surface area contributed by atoms with Crippen molar-refractivity contribution >= 4 is 29.5 Å². The van der Waals surface area contributed by atoms with Crippen molar-refractivity contribution in [2.45, 2.75) is 38.8 Å². The van der Waals surface area contributed by atoms with Crippen LogP contribution >= 0.6 is 0 Å². The average molecular weight is 419 g/mol. The van der Waals surface area contributed by atoms with Gasteiger partial charge in [0.2, 0.25) is 11.8 Å². The molecule has 4 rings (SSSR count). The fourth-order valence-corrected chi connectivity index (χ4v) is 3.80. The van der Waals surface area contributed by atoms with Crippen molar-refractivity contribution in [3.63, 3.8) is 0 Å². The Labute approximate surface area is 178 Å². The maximum Gasteiger partial charge on any atom is 0.262 e. The van der Waals surface area contributed by atoms with Crippen molar-refractivity contribution in [3.8, 4) is 0 Å². The molecule has 0 aromatic heterocycles. The Kier molecular flexibility index (Phi) is 5.37. The van der Waals surface area contributed by atoms with E-state index >= 15 is 0 Å². The zero-order valence-electron chi connectivity index (χ0n) is 16.9. The van der Waals surface area contributed by atoms with Gasteiger partial charge in [0, 0.05) is 18.5 Å². The summed E-state index contributed by atoms with van der Waals surface area (Å²) in [5.74, 6) is -2.43. The third kappa shape index (κ3) is 3.84. The lowest BCUT2D eigenvalue weighted by atomic mass is 10.0. The summed E-state index contributed by atoms with van der Waals surface area (Å²) in [7, 11) is 0. The van der Waals surface area contributed by atoms with Crippen LogP contribution in [0.3, 0.4) is 0 Å². The summed E-state index contributed by atoms with van der Waals surface area (Å²) in [6, 6.07) is 11.1. The van der Waals surface area contributed by atoms with Gasteiger partial charge in [-0.2, -0.15) is 0 Å².